The van der Waals surface area contributed by atoms with Crippen LogP contribution < -0.4 is 5.32 Å². The molecule has 6 heteroatoms. The summed E-state index contributed by atoms with van der Waals surface area (Å²) >= 11 is 5.89. The third-order valence-corrected chi connectivity index (χ3v) is 6.08. The monoisotopic (exact) mass is 302 g/mol. The number of benzene rings is 1. The van der Waals surface area contributed by atoms with Gasteiger partial charge in [0.1, 0.15) is 0 Å². The molecule has 1 aromatic carbocycles. The van der Waals surface area contributed by atoms with E-state index < -0.39 is 10.0 Å². The van der Waals surface area contributed by atoms with Crippen molar-refractivity contribution in [3.05, 3.63) is 28.8 Å². The molecule has 0 radical (unpaired) electrons. The fourth-order valence-corrected chi connectivity index (χ4v) is 4.53. The zero-order chi connectivity index (χ0) is 14.2. The Labute approximate surface area is 119 Å². The SMILES string of the molecule is Cc1cc(Cl)ccc1S(=O)(=O)N1CCNC(C)C1C. The molecule has 1 aromatic rings. The summed E-state index contributed by atoms with van der Waals surface area (Å²) in [5.41, 5.74) is 0.686. The number of halogens is 1. The Balaban J connectivity index is 2.41. The van der Waals surface area contributed by atoms with Gasteiger partial charge in [-0.05, 0) is 44.5 Å². The van der Waals surface area contributed by atoms with Crippen LogP contribution in [0.25, 0.3) is 0 Å². The van der Waals surface area contributed by atoms with Gasteiger partial charge in [0, 0.05) is 30.2 Å². The van der Waals surface area contributed by atoms with Gasteiger partial charge in [-0.3, -0.25) is 0 Å². The third kappa shape index (κ3) is 2.79. The summed E-state index contributed by atoms with van der Waals surface area (Å²) in [5.74, 6) is 0. The van der Waals surface area contributed by atoms with Crippen molar-refractivity contribution in [2.45, 2.75) is 37.8 Å². The molecule has 1 fully saturated rings. The number of rotatable bonds is 2. The van der Waals surface area contributed by atoms with Crippen molar-refractivity contribution in [2.75, 3.05) is 13.1 Å². The lowest BCUT2D eigenvalue weighted by molar-refractivity contribution is 0.233. The number of nitrogens with one attached hydrogen (secondary N) is 1. The molecule has 2 rings (SSSR count). The van der Waals surface area contributed by atoms with E-state index in [9.17, 15) is 8.42 Å². The molecular weight excluding hydrogens is 284 g/mol. The Bertz CT molecular complexity index is 574. The van der Waals surface area contributed by atoms with E-state index in [1.165, 1.54) is 0 Å². The molecule has 106 valence electrons. The highest BCUT2D eigenvalue weighted by Crippen LogP contribution is 2.25. The molecule has 4 nitrogen and oxygen atoms in total. The predicted octanol–water partition coefficient (Wildman–Crippen LogP) is 2.02. The Morgan fingerprint density at radius 2 is 2.05 bits per heavy atom. The number of nitrogens with zero attached hydrogens (tertiary/aromatic N) is 1. The van der Waals surface area contributed by atoms with Crippen LogP contribution in [0.3, 0.4) is 0 Å². The molecule has 1 saturated heterocycles. The van der Waals surface area contributed by atoms with Crippen molar-refractivity contribution in [1.82, 2.24) is 9.62 Å². The zero-order valence-electron chi connectivity index (χ0n) is 11.4. The van der Waals surface area contributed by atoms with Crippen molar-refractivity contribution >= 4 is 21.6 Å². The van der Waals surface area contributed by atoms with Crippen LogP contribution in [0.15, 0.2) is 23.1 Å². The lowest BCUT2D eigenvalue weighted by Gasteiger charge is -2.37. The normalized spacial score (nSPS) is 25.5. The third-order valence-electron chi connectivity index (χ3n) is 3.70. The fourth-order valence-electron chi connectivity index (χ4n) is 2.39. The molecule has 1 aliphatic rings. The average molecular weight is 303 g/mol. The fraction of sp³-hybridized carbons (Fsp3) is 0.538. The summed E-state index contributed by atoms with van der Waals surface area (Å²) in [6, 6.07) is 4.99. The zero-order valence-corrected chi connectivity index (χ0v) is 12.9. The van der Waals surface area contributed by atoms with Gasteiger partial charge in [-0.15, -0.1) is 0 Å². The van der Waals surface area contributed by atoms with Crippen molar-refractivity contribution in [3.63, 3.8) is 0 Å². The second-order valence-corrected chi connectivity index (χ2v) is 7.30. The molecule has 1 heterocycles. The summed E-state index contributed by atoms with van der Waals surface area (Å²) in [6.45, 7) is 6.88. The highest BCUT2D eigenvalue weighted by molar-refractivity contribution is 7.89. The van der Waals surface area contributed by atoms with Crippen LogP contribution in [0.5, 0.6) is 0 Å². The highest BCUT2D eigenvalue weighted by Gasteiger charge is 2.34. The number of hydrogen-bond acceptors (Lipinski definition) is 3. The Morgan fingerprint density at radius 1 is 1.37 bits per heavy atom. The lowest BCUT2D eigenvalue weighted by Crippen LogP contribution is -2.57. The largest absolute Gasteiger partial charge is 0.311 e. The first-order valence-electron chi connectivity index (χ1n) is 6.35. The van der Waals surface area contributed by atoms with Gasteiger partial charge < -0.3 is 5.32 Å². The maximum Gasteiger partial charge on any atom is 0.243 e. The van der Waals surface area contributed by atoms with Gasteiger partial charge in [0.05, 0.1) is 4.90 Å². The molecule has 0 aliphatic carbocycles. The molecule has 0 amide bonds. The van der Waals surface area contributed by atoms with Gasteiger partial charge in [-0.25, -0.2) is 8.42 Å². The van der Waals surface area contributed by atoms with Crippen LogP contribution in [-0.4, -0.2) is 37.9 Å². The number of sulfonamides is 1. The molecule has 0 aromatic heterocycles. The van der Waals surface area contributed by atoms with E-state index in [4.69, 9.17) is 11.6 Å². The molecule has 1 aliphatic heterocycles. The lowest BCUT2D eigenvalue weighted by atomic mass is 10.1. The molecule has 1 N–H and O–H groups in total. The molecule has 0 saturated carbocycles. The quantitative estimate of drug-likeness (QED) is 0.909. The van der Waals surface area contributed by atoms with Gasteiger partial charge in [-0.2, -0.15) is 4.31 Å². The van der Waals surface area contributed by atoms with E-state index in [0.29, 0.717) is 28.6 Å². The van der Waals surface area contributed by atoms with Crippen LogP contribution in [0.1, 0.15) is 19.4 Å². The van der Waals surface area contributed by atoms with Crippen LogP contribution in [0, 0.1) is 6.92 Å². The summed E-state index contributed by atoms with van der Waals surface area (Å²) in [4.78, 5) is 0.345. The second kappa shape index (κ2) is 5.40. The maximum absolute atomic E-state index is 12.7. The molecular formula is C13H19ClN2O2S. The van der Waals surface area contributed by atoms with E-state index in [-0.39, 0.29) is 12.1 Å². The van der Waals surface area contributed by atoms with E-state index in [2.05, 4.69) is 5.32 Å². The minimum atomic E-state index is -3.46. The first-order chi connectivity index (χ1) is 8.84. The average Bonchev–Trinajstić information content (AvgIpc) is 2.31. The van der Waals surface area contributed by atoms with Crippen LogP contribution in [-0.2, 0) is 10.0 Å². The van der Waals surface area contributed by atoms with Crippen LogP contribution >= 0.6 is 11.6 Å². The maximum atomic E-state index is 12.7. The standard InChI is InChI=1S/C13H19ClN2O2S/c1-9-8-12(14)4-5-13(9)19(17,18)16-7-6-15-10(2)11(16)3/h4-5,8,10-11,15H,6-7H2,1-3H3. The molecule has 0 spiro atoms. The van der Waals surface area contributed by atoms with Gasteiger partial charge in [-0.1, -0.05) is 11.6 Å². The molecule has 0 bridgehead atoms. The van der Waals surface area contributed by atoms with Crippen molar-refractivity contribution < 1.29 is 8.42 Å². The van der Waals surface area contributed by atoms with Crippen molar-refractivity contribution in [1.29, 1.82) is 0 Å². The number of aryl methyl sites for hydroxylation is 1. The first kappa shape index (κ1) is 14.8. The second-order valence-electron chi connectivity index (χ2n) is 5.01. The van der Waals surface area contributed by atoms with Crippen molar-refractivity contribution in [3.8, 4) is 0 Å². The summed E-state index contributed by atoms with van der Waals surface area (Å²) in [6.07, 6.45) is 0. The summed E-state index contributed by atoms with van der Waals surface area (Å²) < 4.78 is 27.0. The van der Waals surface area contributed by atoms with Crippen LogP contribution in [0.2, 0.25) is 5.02 Å². The topological polar surface area (TPSA) is 49.4 Å². The summed E-state index contributed by atoms with van der Waals surface area (Å²) in [5, 5.41) is 3.84. The van der Waals surface area contributed by atoms with Gasteiger partial charge in [0.25, 0.3) is 0 Å². The van der Waals surface area contributed by atoms with E-state index in [0.717, 1.165) is 0 Å². The Kier molecular flexibility index (Phi) is 4.20. The number of hydrogen-bond donors (Lipinski definition) is 1. The first-order valence-corrected chi connectivity index (χ1v) is 8.17. The summed E-state index contributed by atoms with van der Waals surface area (Å²) in [7, 11) is -3.46. The highest BCUT2D eigenvalue weighted by atomic mass is 35.5. The molecule has 2 atom stereocenters. The number of piperazine rings is 1. The van der Waals surface area contributed by atoms with E-state index in [1.807, 2.05) is 13.8 Å². The Morgan fingerprint density at radius 3 is 2.68 bits per heavy atom. The van der Waals surface area contributed by atoms with E-state index >= 15 is 0 Å². The van der Waals surface area contributed by atoms with Gasteiger partial charge in [0.15, 0.2) is 0 Å². The minimum Gasteiger partial charge on any atom is -0.311 e. The Hall–Kier alpha value is -0.620. The van der Waals surface area contributed by atoms with Crippen LogP contribution in [0.4, 0.5) is 0 Å². The van der Waals surface area contributed by atoms with E-state index in [1.54, 1.807) is 29.4 Å². The molecule has 19 heavy (non-hydrogen) atoms. The molecule has 2 unspecified atom stereocenters. The smallest absolute Gasteiger partial charge is 0.243 e. The van der Waals surface area contributed by atoms with Gasteiger partial charge in [0.2, 0.25) is 10.0 Å². The van der Waals surface area contributed by atoms with Crippen molar-refractivity contribution in [2.24, 2.45) is 0 Å². The minimum absolute atomic E-state index is 0.0613. The van der Waals surface area contributed by atoms with Gasteiger partial charge >= 0.3 is 0 Å². The predicted molar refractivity (Wildman–Crippen MR) is 77.0 cm³/mol.